The topological polar surface area (TPSA) is 57.6 Å². The van der Waals surface area contributed by atoms with Crippen molar-refractivity contribution < 1.29 is 14.7 Å². The zero-order valence-corrected chi connectivity index (χ0v) is 14.6. The van der Waals surface area contributed by atoms with Crippen LogP contribution < -0.4 is 0 Å². The van der Waals surface area contributed by atoms with E-state index in [1.54, 1.807) is 11.8 Å². The van der Waals surface area contributed by atoms with Crippen molar-refractivity contribution in [1.29, 1.82) is 0 Å². The van der Waals surface area contributed by atoms with Crippen LogP contribution >= 0.6 is 39.0 Å². The van der Waals surface area contributed by atoms with E-state index in [9.17, 15) is 14.7 Å². The van der Waals surface area contributed by atoms with Crippen molar-refractivity contribution >= 4 is 50.9 Å². The average Bonchev–Trinajstić information content (AvgIpc) is 2.93. The lowest BCUT2D eigenvalue weighted by atomic mass is 10.1. The minimum absolute atomic E-state index is 0.0789. The van der Waals surface area contributed by atoms with Crippen LogP contribution in [0.2, 0.25) is 0 Å². The van der Waals surface area contributed by atoms with Gasteiger partial charge in [-0.2, -0.15) is 0 Å². The Morgan fingerprint density at radius 1 is 1.50 bits per heavy atom. The fourth-order valence-corrected chi connectivity index (χ4v) is 5.13. The molecule has 1 aliphatic heterocycles. The van der Waals surface area contributed by atoms with Crippen LogP contribution in [-0.4, -0.2) is 39.1 Å². The molecule has 1 N–H and O–H groups in total. The highest BCUT2D eigenvalue weighted by molar-refractivity contribution is 9.11. The molecule has 1 fully saturated rings. The molecule has 1 aromatic heterocycles. The third-order valence-corrected chi connectivity index (χ3v) is 6.94. The van der Waals surface area contributed by atoms with Gasteiger partial charge in [-0.25, -0.2) is 4.79 Å². The Morgan fingerprint density at radius 2 is 2.15 bits per heavy atom. The van der Waals surface area contributed by atoms with Gasteiger partial charge in [-0.05, 0) is 40.4 Å². The van der Waals surface area contributed by atoms with Gasteiger partial charge >= 0.3 is 5.97 Å². The minimum Gasteiger partial charge on any atom is -0.480 e. The number of aliphatic carboxylic acids is 1. The maximum absolute atomic E-state index is 12.7. The quantitative estimate of drug-likeness (QED) is 0.876. The van der Waals surface area contributed by atoms with E-state index in [-0.39, 0.29) is 17.2 Å². The average molecular weight is 378 g/mol. The fourth-order valence-electron chi connectivity index (χ4n) is 2.18. The maximum atomic E-state index is 12.7. The summed E-state index contributed by atoms with van der Waals surface area (Å²) in [6.45, 7) is 5.94. The summed E-state index contributed by atoms with van der Waals surface area (Å²) in [5.41, 5.74) is 0.998. The number of hydrogen-bond acceptors (Lipinski definition) is 4. The Morgan fingerprint density at radius 3 is 2.60 bits per heavy atom. The standard InChI is InChI=1S/C13H16BrNO3S2/c1-6(2)12-15(8(5-19-12)13(17)18)11(16)9-4-7(3)10(14)20-9/h4,6,8,12H,5H2,1-3H3,(H,17,18). The van der Waals surface area contributed by atoms with Gasteiger partial charge in [0.1, 0.15) is 6.04 Å². The van der Waals surface area contributed by atoms with Gasteiger partial charge in [-0.15, -0.1) is 23.1 Å². The third-order valence-electron chi connectivity index (χ3n) is 3.19. The predicted molar refractivity (Wildman–Crippen MR) is 85.4 cm³/mol. The number of amides is 1. The summed E-state index contributed by atoms with van der Waals surface area (Å²) in [5.74, 6) is -0.436. The summed E-state index contributed by atoms with van der Waals surface area (Å²) in [6.07, 6.45) is 0. The number of rotatable bonds is 3. The van der Waals surface area contributed by atoms with Crippen molar-refractivity contribution in [3.05, 3.63) is 20.3 Å². The molecule has 7 heteroatoms. The first-order valence-electron chi connectivity index (χ1n) is 6.26. The monoisotopic (exact) mass is 377 g/mol. The number of thioether (sulfide) groups is 1. The van der Waals surface area contributed by atoms with Gasteiger partial charge in [0, 0.05) is 5.75 Å². The molecule has 1 aromatic rings. The molecule has 0 aromatic carbocycles. The first-order valence-corrected chi connectivity index (χ1v) is 8.91. The molecule has 2 atom stereocenters. The van der Waals surface area contributed by atoms with Crippen molar-refractivity contribution in [2.24, 2.45) is 5.92 Å². The highest BCUT2D eigenvalue weighted by atomic mass is 79.9. The smallest absolute Gasteiger partial charge is 0.327 e. The van der Waals surface area contributed by atoms with E-state index in [0.29, 0.717) is 10.6 Å². The molecule has 0 spiro atoms. The maximum Gasteiger partial charge on any atom is 0.327 e. The van der Waals surface area contributed by atoms with E-state index < -0.39 is 12.0 Å². The van der Waals surface area contributed by atoms with E-state index >= 15 is 0 Å². The van der Waals surface area contributed by atoms with Crippen LogP contribution in [0.25, 0.3) is 0 Å². The molecule has 1 amide bonds. The van der Waals surface area contributed by atoms with Gasteiger partial charge in [0.15, 0.2) is 0 Å². The summed E-state index contributed by atoms with van der Waals surface area (Å²) in [5, 5.41) is 9.25. The van der Waals surface area contributed by atoms with Crippen LogP contribution in [-0.2, 0) is 4.79 Å². The first-order chi connectivity index (χ1) is 9.32. The van der Waals surface area contributed by atoms with Gasteiger partial charge in [0.25, 0.3) is 5.91 Å². The normalized spacial score (nSPS) is 22.6. The molecule has 1 aliphatic rings. The summed E-state index contributed by atoms with van der Waals surface area (Å²) < 4.78 is 0.917. The van der Waals surface area contributed by atoms with Crippen molar-refractivity contribution in [3.8, 4) is 0 Å². The molecule has 4 nitrogen and oxygen atoms in total. The van der Waals surface area contributed by atoms with Crippen molar-refractivity contribution in [3.63, 3.8) is 0 Å². The van der Waals surface area contributed by atoms with Crippen LogP contribution in [0.3, 0.4) is 0 Å². The summed E-state index contributed by atoms with van der Waals surface area (Å²) in [4.78, 5) is 26.2. The lowest BCUT2D eigenvalue weighted by Crippen LogP contribution is -2.46. The second kappa shape index (κ2) is 6.07. The molecule has 0 bridgehead atoms. The number of carbonyl (C=O) groups is 2. The minimum atomic E-state index is -0.929. The number of hydrogen-bond donors (Lipinski definition) is 1. The fraction of sp³-hybridized carbons (Fsp3) is 0.538. The first kappa shape index (κ1) is 15.9. The third kappa shape index (κ3) is 2.89. The van der Waals surface area contributed by atoms with Crippen LogP contribution in [0.15, 0.2) is 9.85 Å². The van der Waals surface area contributed by atoms with Crippen LogP contribution in [0.1, 0.15) is 29.1 Å². The van der Waals surface area contributed by atoms with Gasteiger partial charge in [-0.1, -0.05) is 13.8 Å². The summed E-state index contributed by atoms with van der Waals surface area (Å²) in [7, 11) is 0. The number of thiophene rings is 1. The summed E-state index contributed by atoms with van der Waals surface area (Å²) >= 11 is 6.31. The van der Waals surface area contributed by atoms with Gasteiger partial charge < -0.3 is 10.0 Å². The van der Waals surface area contributed by atoms with E-state index in [4.69, 9.17) is 0 Å². The molecule has 110 valence electrons. The van der Waals surface area contributed by atoms with Crippen molar-refractivity contribution in [1.82, 2.24) is 4.90 Å². The molecule has 2 heterocycles. The number of halogens is 1. The van der Waals surface area contributed by atoms with E-state index in [1.165, 1.54) is 16.2 Å². The molecular weight excluding hydrogens is 362 g/mol. The Bertz CT molecular complexity index is 524. The zero-order chi connectivity index (χ0) is 15.0. The lowest BCUT2D eigenvalue weighted by Gasteiger charge is -2.29. The van der Waals surface area contributed by atoms with Gasteiger partial charge in [0.05, 0.1) is 14.0 Å². The van der Waals surface area contributed by atoms with Gasteiger partial charge in [0.2, 0.25) is 0 Å². The molecule has 20 heavy (non-hydrogen) atoms. The zero-order valence-electron chi connectivity index (χ0n) is 11.4. The number of carboxylic acid groups (broad SMARTS) is 1. The van der Waals surface area contributed by atoms with E-state index in [0.717, 1.165) is 9.35 Å². The Balaban J connectivity index is 2.34. The van der Waals surface area contributed by atoms with Crippen LogP contribution in [0.4, 0.5) is 0 Å². The SMILES string of the molecule is Cc1cc(C(=O)N2C(C(=O)O)CSC2C(C)C)sc1Br. The Kier molecular flexibility index (Phi) is 4.81. The predicted octanol–water partition coefficient (Wildman–Crippen LogP) is 3.44. The van der Waals surface area contributed by atoms with Gasteiger partial charge in [-0.3, -0.25) is 4.79 Å². The molecular formula is C13H16BrNO3S2. The number of aryl methyl sites for hydroxylation is 1. The second-order valence-electron chi connectivity index (χ2n) is 5.10. The number of nitrogens with zero attached hydrogens (tertiary/aromatic N) is 1. The van der Waals surface area contributed by atoms with Crippen molar-refractivity contribution in [2.75, 3.05) is 5.75 Å². The number of carboxylic acids is 1. The molecule has 0 radical (unpaired) electrons. The highest BCUT2D eigenvalue weighted by Crippen LogP contribution is 2.37. The highest BCUT2D eigenvalue weighted by Gasteiger charge is 2.43. The Hall–Kier alpha value is -0.530. The molecule has 0 aliphatic carbocycles. The molecule has 0 saturated carbocycles. The summed E-state index contributed by atoms with van der Waals surface area (Å²) in [6, 6.07) is 1.08. The molecule has 1 saturated heterocycles. The van der Waals surface area contributed by atoms with Crippen LogP contribution in [0.5, 0.6) is 0 Å². The number of carbonyl (C=O) groups excluding carboxylic acids is 1. The van der Waals surface area contributed by atoms with Crippen molar-refractivity contribution in [2.45, 2.75) is 32.2 Å². The molecule has 2 rings (SSSR count). The lowest BCUT2D eigenvalue weighted by molar-refractivity contribution is -0.141. The van der Waals surface area contributed by atoms with Crippen LogP contribution in [0, 0.1) is 12.8 Å². The molecule has 2 unspecified atom stereocenters. The largest absolute Gasteiger partial charge is 0.480 e. The second-order valence-corrected chi connectivity index (χ2v) is 8.62. The Labute approximate surface area is 134 Å². The van der Waals surface area contributed by atoms with E-state index in [2.05, 4.69) is 15.9 Å². The van der Waals surface area contributed by atoms with E-state index in [1.807, 2.05) is 26.8 Å².